The normalized spacial score (nSPS) is 13.4. The molecular weight excluding hydrogens is 280 g/mol. The van der Waals surface area contributed by atoms with E-state index in [4.69, 9.17) is 16.7 Å². The number of carboxylic acids is 1. The van der Waals surface area contributed by atoms with Crippen molar-refractivity contribution in [1.29, 1.82) is 0 Å². The van der Waals surface area contributed by atoms with E-state index >= 15 is 0 Å². The second-order valence-corrected chi connectivity index (χ2v) is 4.96. The van der Waals surface area contributed by atoms with Gasteiger partial charge in [-0.25, -0.2) is 9.59 Å². The van der Waals surface area contributed by atoms with E-state index < -0.39 is 18.0 Å². The largest absolute Gasteiger partial charge is 0.480 e. The van der Waals surface area contributed by atoms with Crippen molar-refractivity contribution in [3.63, 3.8) is 0 Å². The van der Waals surface area contributed by atoms with Crippen molar-refractivity contribution < 1.29 is 14.7 Å². The number of nitrogens with one attached hydrogen (secondary N) is 1. The van der Waals surface area contributed by atoms with Crippen LogP contribution in [0, 0.1) is 0 Å². The number of aliphatic carboxylic acids is 1. The summed E-state index contributed by atoms with van der Waals surface area (Å²) >= 11 is 6.10. The maximum Gasteiger partial charge on any atom is 0.326 e. The molecule has 0 heterocycles. The average molecular weight is 299 g/mol. The topological polar surface area (TPSA) is 69.6 Å². The fourth-order valence-electron chi connectivity index (χ4n) is 1.79. The number of benzene rings is 1. The van der Waals surface area contributed by atoms with Crippen LogP contribution in [0.1, 0.15) is 31.9 Å². The van der Waals surface area contributed by atoms with Crippen LogP contribution in [-0.2, 0) is 4.79 Å². The molecule has 0 saturated carbocycles. The SMILES string of the molecule is CC[C@H](NC(=O)N(C)C(C)c1ccccc1Cl)C(=O)O. The Morgan fingerprint density at radius 1 is 1.40 bits per heavy atom. The van der Waals surface area contributed by atoms with Gasteiger partial charge in [0.25, 0.3) is 0 Å². The van der Waals surface area contributed by atoms with E-state index in [2.05, 4.69) is 5.32 Å². The Bertz CT molecular complexity index is 493. The summed E-state index contributed by atoms with van der Waals surface area (Å²) in [5.41, 5.74) is 0.815. The molecule has 0 aliphatic rings. The Balaban J connectivity index is 2.79. The summed E-state index contributed by atoms with van der Waals surface area (Å²) in [6.07, 6.45) is 0.329. The van der Waals surface area contributed by atoms with Gasteiger partial charge in [-0.3, -0.25) is 0 Å². The van der Waals surface area contributed by atoms with E-state index in [1.807, 2.05) is 25.1 Å². The number of amides is 2. The molecule has 0 spiro atoms. The van der Waals surface area contributed by atoms with Gasteiger partial charge in [0, 0.05) is 12.1 Å². The first-order chi connectivity index (χ1) is 9.38. The highest BCUT2D eigenvalue weighted by molar-refractivity contribution is 6.31. The fourth-order valence-corrected chi connectivity index (χ4v) is 2.08. The van der Waals surface area contributed by atoms with Gasteiger partial charge in [-0.05, 0) is 25.0 Å². The third-order valence-corrected chi connectivity index (χ3v) is 3.60. The Morgan fingerprint density at radius 2 is 2.00 bits per heavy atom. The van der Waals surface area contributed by atoms with E-state index in [1.54, 1.807) is 20.0 Å². The first-order valence-electron chi connectivity index (χ1n) is 6.39. The molecule has 1 rings (SSSR count). The molecule has 110 valence electrons. The van der Waals surface area contributed by atoms with Crippen LogP contribution in [0.3, 0.4) is 0 Å². The van der Waals surface area contributed by atoms with Crippen molar-refractivity contribution in [2.45, 2.75) is 32.4 Å². The second kappa shape index (κ2) is 7.14. The summed E-state index contributed by atoms with van der Waals surface area (Å²) in [7, 11) is 1.61. The summed E-state index contributed by atoms with van der Waals surface area (Å²) in [6.45, 7) is 3.54. The minimum absolute atomic E-state index is 0.255. The number of rotatable bonds is 5. The van der Waals surface area contributed by atoms with Gasteiger partial charge in [-0.15, -0.1) is 0 Å². The predicted molar refractivity (Wildman–Crippen MR) is 77.9 cm³/mol. The van der Waals surface area contributed by atoms with Crippen LogP contribution in [0.15, 0.2) is 24.3 Å². The first kappa shape index (κ1) is 16.3. The molecule has 6 heteroatoms. The van der Waals surface area contributed by atoms with Crippen molar-refractivity contribution in [2.24, 2.45) is 0 Å². The van der Waals surface area contributed by atoms with E-state index in [1.165, 1.54) is 4.90 Å². The van der Waals surface area contributed by atoms with E-state index in [0.717, 1.165) is 5.56 Å². The number of hydrogen-bond acceptors (Lipinski definition) is 2. The third kappa shape index (κ3) is 3.87. The quantitative estimate of drug-likeness (QED) is 0.878. The smallest absolute Gasteiger partial charge is 0.326 e. The molecule has 0 aliphatic heterocycles. The summed E-state index contributed by atoms with van der Waals surface area (Å²) in [5.74, 6) is -1.04. The molecule has 2 atom stereocenters. The van der Waals surface area contributed by atoms with Gasteiger partial charge in [0.05, 0.1) is 6.04 Å². The number of urea groups is 1. The zero-order chi connectivity index (χ0) is 15.3. The number of carboxylic acid groups (broad SMARTS) is 1. The lowest BCUT2D eigenvalue weighted by Gasteiger charge is -2.27. The molecule has 5 nitrogen and oxygen atoms in total. The minimum atomic E-state index is -1.04. The lowest BCUT2D eigenvalue weighted by Crippen LogP contribution is -2.47. The fraction of sp³-hybridized carbons (Fsp3) is 0.429. The van der Waals surface area contributed by atoms with Crippen molar-refractivity contribution in [2.75, 3.05) is 7.05 Å². The van der Waals surface area contributed by atoms with Crippen LogP contribution >= 0.6 is 11.6 Å². The summed E-state index contributed by atoms with van der Waals surface area (Å²) in [5, 5.41) is 12.0. The number of halogens is 1. The monoisotopic (exact) mass is 298 g/mol. The molecule has 0 fully saturated rings. The van der Waals surface area contributed by atoms with Crippen LogP contribution in [0.4, 0.5) is 4.79 Å². The molecule has 1 aromatic carbocycles. The van der Waals surface area contributed by atoms with Gasteiger partial charge < -0.3 is 15.3 Å². The number of nitrogens with zero attached hydrogens (tertiary/aromatic N) is 1. The van der Waals surface area contributed by atoms with Crippen LogP contribution < -0.4 is 5.32 Å². The summed E-state index contributed by atoms with van der Waals surface area (Å²) in [4.78, 5) is 24.4. The Morgan fingerprint density at radius 3 is 2.50 bits per heavy atom. The standard InChI is InChI=1S/C14H19ClN2O3/c1-4-12(13(18)19)16-14(20)17(3)9(2)10-7-5-6-8-11(10)15/h5-9,12H,4H2,1-3H3,(H,16,20)(H,18,19)/t9?,12-/m0/s1. The van der Waals surface area contributed by atoms with E-state index in [0.29, 0.717) is 11.4 Å². The van der Waals surface area contributed by atoms with Gasteiger partial charge in [0.1, 0.15) is 6.04 Å². The number of carbonyl (C=O) groups excluding carboxylic acids is 1. The Kier molecular flexibility index (Phi) is 5.82. The number of hydrogen-bond donors (Lipinski definition) is 2. The molecule has 0 bridgehead atoms. The van der Waals surface area contributed by atoms with E-state index in [-0.39, 0.29) is 6.04 Å². The maximum atomic E-state index is 12.1. The van der Waals surface area contributed by atoms with Gasteiger partial charge in [-0.1, -0.05) is 36.7 Å². The molecular formula is C14H19ClN2O3. The minimum Gasteiger partial charge on any atom is -0.480 e. The van der Waals surface area contributed by atoms with Crippen LogP contribution in [0.2, 0.25) is 5.02 Å². The second-order valence-electron chi connectivity index (χ2n) is 4.56. The highest BCUT2D eigenvalue weighted by Gasteiger charge is 2.23. The summed E-state index contributed by atoms with van der Waals surface area (Å²) in [6, 6.07) is 5.67. The molecule has 0 radical (unpaired) electrons. The van der Waals surface area contributed by atoms with Gasteiger partial charge in [0.15, 0.2) is 0 Å². The van der Waals surface area contributed by atoms with Crippen molar-refractivity contribution in [1.82, 2.24) is 10.2 Å². The van der Waals surface area contributed by atoms with Crippen molar-refractivity contribution in [3.8, 4) is 0 Å². The Labute approximate surface area is 123 Å². The summed E-state index contributed by atoms with van der Waals surface area (Å²) < 4.78 is 0. The van der Waals surface area contributed by atoms with E-state index in [9.17, 15) is 9.59 Å². The molecule has 2 amide bonds. The highest BCUT2D eigenvalue weighted by Crippen LogP contribution is 2.26. The van der Waals surface area contributed by atoms with Crippen LogP contribution in [0.25, 0.3) is 0 Å². The average Bonchev–Trinajstić information content (AvgIpc) is 2.43. The van der Waals surface area contributed by atoms with Gasteiger partial charge in [-0.2, -0.15) is 0 Å². The molecule has 0 aromatic heterocycles. The molecule has 1 aromatic rings. The lowest BCUT2D eigenvalue weighted by atomic mass is 10.1. The molecule has 2 N–H and O–H groups in total. The predicted octanol–water partition coefficient (Wildman–Crippen LogP) is 2.91. The molecule has 0 aliphatic carbocycles. The van der Waals surface area contributed by atoms with Crippen LogP contribution in [-0.4, -0.2) is 35.1 Å². The van der Waals surface area contributed by atoms with Crippen molar-refractivity contribution >= 4 is 23.6 Å². The van der Waals surface area contributed by atoms with Crippen molar-refractivity contribution in [3.05, 3.63) is 34.9 Å². The first-order valence-corrected chi connectivity index (χ1v) is 6.76. The maximum absolute atomic E-state index is 12.1. The lowest BCUT2D eigenvalue weighted by molar-refractivity contribution is -0.139. The third-order valence-electron chi connectivity index (χ3n) is 3.26. The number of carbonyl (C=O) groups is 2. The molecule has 20 heavy (non-hydrogen) atoms. The molecule has 0 saturated heterocycles. The zero-order valence-electron chi connectivity index (χ0n) is 11.8. The Hall–Kier alpha value is -1.75. The van der Waals surface area contributed by atoms with Gasteiger partial charge >= 0.3 is 12.0 Å². The molecule has 1 unspecified atom stereocenters. The highest BCUT2D eigenvalue weighted by atomic mass is 35.5. The zero-order valence-corrected chi connectivity index (χ0v) is 12.5. The van der Waals surface area contributed by atoms with Gasteiger partial charge in [0.2, 0.25) is 0 Å². The van der Waals surface area contributed by atoms with Crippen LogP contribution in [0.5, 0.6) is 0 Å².